The van der Waals surface area contributed by atoms with Crippen molar-refractivity contribution in [3.63, 3.8) is 0 Å². The molecular weight excluding hydrogens is 429 g/mol. The number of benzene rings is 3. The Kier molecular flexibility index (Phi) is 6.52. The van der Waals surface area contributed by atoms with Crippen molar-refractivity contribution in [3.05, 3.63) is 98.0 Å². The van der Waals surface area contributed by atoms with E-state index in [2.05, 4.69) is 5.32 Å². The van der Waals surface area contributed by atoms with Gasteiger partial charge >= 0.3 is 0 Å². The number of nitrogens with one attached hydrogen (secondary N) is 1. The highest BCUT2D eigenvalue weighted by atomic mass is 35.5. The Morgan fingerprint density at radius 2 is 1.80 bits per heavy atom. The Morgan fingerprint density at radius 1 is 1.07 bits per heavy atom. The number of hydrogen-bond donors (Lipinski definition) is 1. The van der Waals surface area contributed by atoms with Crippen LogP contribution in [0.15, 0.2) is 66.7 Å². The molecule has 0 bridgehead atoms. The lowest BCUT2D eigenvalue weighted by Gasteiger charge is -2.20. The molecule has 0 fully saturated rings. The molecule has 0 radical (unpaired) electrons. The van der Waals surface area contributed by atoms with E-state index in [-0.39, 0.29) is 27.2 Å². The van der Waals surface area contributed by atoms with Gasteiger partial charge < -0.3 is 10.1 Å². The Balaban J connectivity index is 1.91. The first-order valence-electron chi connectivity index (χ1n) is 8.55. The summed E-state index contributed by atoms with van der Waals surface area (Å²) >= 11 is 12.0. The number of carbonyl (C=O) groups is 1. The molecule has 0 aliphatic carbocycles. The van der Waals surface area contributed by atoms with E-state index >= 15 is 0 Å². The highest BCUT2D eigenvalue weighted by Crippen LogP contribution is 2.32. The molecule has 0 spiro atoms. The summed E-state index contributed by atoms with van der Waals surface area (Å²) in [6.07, 6.45) is -1.11. The van der Waals surface area contributed by atoms with E-state index in [9.17, 15) is 14.9 Å². The summed E-state index contributed by atoms with van der Waals surface area (Å²) in [5.74, 6) is -0.361. The number of carbonyl (C=O) groups excluding carboxylic acids is 1. The van der Waals surface area contributed by atoms with Crippen molar-refractivity contribution >= 4 is 40.5 Å². The standard InChI is InChI=1S/C21H13Cl2N3O4/c22-16-8-7-15(11-18(16)26(28)29)25-21(27)20(14-4-2-1-3-5-14)30-19-9-6-13(12-24)10-17(19)23/h1-11,20H,(H,25,27). The van der Waals surface area contributed by atoms with Crippen LogP contribution in [0.5, 0.6) is 5.75 Å². The van der Waals surface area contributed by atoms with Crippen molar-refractivity contribution in [1.29, 1.82) is 5.26 Å². The molecule has 0 aliphatic heterocycles. The van der Waals surface area contributed by atoms with Crippen LogP contribution in [0.4, 0.5) is 11.4 Å². The molecule has 150 valence electrons. The summed E-state index contributed by atoms with van der Waals surface area (Å²) in [4.78, 5) is 23.4. The Labute approximate surface area is 181 Å². The van der Waals surface area contributed by atoms with Gasteiger partial charge in [0.05, 0.1) is 21.6 Å². The van der Waals surface area contributed by atoms with Gasteiger partial charge in [-0.1, -0.05) is 53.5 Å². The summed E-state index contributed by atoms with van der Waals surface area (Å²) in [7, 11) is 0. The van der Waals surface area contributed by atoms with Gasteiger partial charge in [-0.05, 0) is 30.3 Å². The zero-order valence-corrected chi connectivity index (χ0v) is 16.7. The molecule has 30 heavy (non-hydrogen) atoms. The van der Waals surface area contributed by atoms with Gasteiger partial charge in [0.25, 0.3) is 11.6 Å². The minimum Gasteiger partial charge on any atom is -0.474 e. The number of anilines is 1. The fourth-order valence-corrected chi connectivity index (χ4v) is 3.04. The van der Waals surface area contributed by atoms with E-state index in [0.29, 0.717) is 11.1 Å². The number of nitro benzene ring substituents is 1. The van der Waals surface area contributed by atoms with Crippen LogP contribution in [0.1, 0.15) is 17.2 Å². The first-order chi connectivity index (χ1) is 14.4. The lowest BCUT2D eigenvalue weighted by atomic mass is 10.1. The number of amides is 1. The summed E-state index contributed by atoms with van der Waals surface area (Å²) < 4.78 is 5.85. The lowest BCUT2D eigenvalue weighted by Crippen LogP contribution is -2.25. The van der Waals surface area contributed by atoms with E-state index in [1.54, 1.807) is 30.3 Å². The summed E-state index contributed by atoms with van der Waals surface area (Å²) in [5.41, 5.74) is 0.744. The highest BCUT2D eigenvalue weighted by molar-refractivity contribution is 6.33. The van der Waals surface area contributed by atoms with E-state index in [1.807, 2.05) is 6.07 Å². The average molecular weight is 442 g/mol. The van der Waals surface area contributed by atoms with Crippen LogP contribution in [0, 0.1) is 21.4 Å². The van der Waals surface area contributed by atoms with Crippen LogP contribution in [0.3, 0.4) is 0 Å². The Bertz CT molecular complexity index is 1150. The Hall–Kier alpha value is -3.60. The molecule has 1 amide bonds. The quantitative estimate of drug-likeness (QED) is 0.399. The molecule has 0 saturated heterocycles. The molecule has 3 rings (SSSR count). The van der Waals surface area contributed by atoms with E-state index < -0.39 is 16.9 Å². The molecule has 1 N–H and O–H groups in total. The molecule has 7 nitrogen and oxygen atoms in total. The third-order valence-corrected chi connectivity index (χ3v) is 4.67. The first kappa shape index (κ1) is 21.1. The fraction of sp³-hybridized carbons (Fsp3) is 0.0476. The molecule has 0 aromatic heterocycles. The molecule has 1 atom stereocenters. The third kappa shape index (κ3) is 4.87. The zero-order valence-electron chi connectivity index (χ0n) is 15.2. The second kappa shape index (κ2) is 9.27. The minimum absolute atomic E-state index is 0.0433. The van der Waals surface area contributed by atoms with Crippen LogP contribution in [-0.4, -0.2) is 10.8 Å². The Morgan fingerprint density at radius 3 is 2.43 bits per heavy atom. The number of nitriles is 1. The summed E-state index contributed by atoms with van der Waals surface area (Å²) in [6, 6.07) is 19.0. The molecule has 3 aromatic carbocycles. The third-order valence-electron chi connectivity index (χ3n) is 4.06. The second-order valence-corrected chi connectivity index (χ2v) is 6.89. The number of nitrogens with zero attached hydrogens (tertiary/aromatic N) is 2. The van der Waals surface area contributed by atoms with Crippen LogP contribution in [0.2, 0.25) is 10.0 Å². The molecule has 3 aromatic rings. The monoisotopic (exact) mass is 441 g/mol. The lowest BCUT2D eigenvalue weighted by molar-refractivity contribution is -0.384. The van der Waals surface area contributed by atoms with E-state index in [0.717, 1.165) is 6.07 Å². The number of ether oxygens (including phenoxy) is 1. The zero-order chi connectivity index (χ0) is 21.7. The topological polar surface area (TPSA) is 105 Å². The smallest absolute Gasteiger partial charge is 0.289 e. The van der Waals surface area contributed by atoms with Crippen molar-refractivity contribution in [2.75, 3.05) is 5.32 Å². The molecular formula is C21H13Cl2N3O4. The maximum Gasteiger partial charge on any atom is 0.289 e. The first-order valence-corrected chi connectivity index (χ1v) is 9.30. The number of nitro groups is 1. The fourth-order valence-electron chi connectivity index (χ4n) is 2.63. The summed E-state index contributed by atoms with van der Waals surface area (Å²) in [5, 5.41) is 22.8. The SMILES string of the molecule is N#Cc1ccc(OC(C(=O)Nc2ccc(Cl)c([N+](=O)[O-])c2)c2ccccc2)c(Cl)c1. The maximum absolute atomic E-state index is 13.0. The van der Waals surface area contributed by atoms with Crippen LogP contribution in [0.25, 0.3) is 0 Å². The van der Waals surface area contributed by atoms with Gasteiger partial charge in [-0.25, -0.2) is 0 Å². The van der Waals surface area contributed by atoms with Crippen LogP contribution in [-0.2, 0) is 4.79 Å². The highest BCUT2D eigenvalue weighted by Gasteiger charge is 2.25. The molecule has 1 unspecified atom stereocenters. The van der Waals surface area contributed by atoms with Crippen molar-refractivity contribution in [2.24, 2.45) is 0 Å². The molecule has 0 aliphatic rings. The van der Waals surface area contributed by atoms with Gasteiger partial charge in [0, 0.05) is 17.3 Å². The van der Waals surface area contributed by atoms with Gasteiger partial charge in [-0.3, -0.25) is 14.9 Å². The molecule has 0 saturated carbocycles. The van der Waals surface area contributed by atoms with E-state index in [1.165, 1.54) is 30.3 Å². The largest absolute Gasteiger partial charge is 0.474 e. The van der Waals surface area contributed by atoms with Crippen LogP contribution >= 0.6 is 23.2 Å². The minimum atomic E-state index is -1.11. The summed E-state index contributed by atoms with van der Waals surface area (Å²) in [6.45, 7) is 0. The normalized spacial score (nSPS) is 11.2. The molecule has 0 heterocycles. The maximum atomic E-state index is 13.0. The number of halogens is 2. The van der Waals surface area contributed by atoms with Gasteiger partial charge in [0.2, 0.25) is 6.10 Å². The predicted molar refractivity (Wildman–Crippen MR) is 113 cm³/mol. The van der Waals surface area contributed by atoms with Crippen molar-refractivity contribution < 1.29 is 14.5 Å². The van der Waals surface area contributed by atoms with Gasteiger partial charge in [0.1, 0.15) is 10.8 Å². The predicted octanol–water partition coefficient (Wildman–Crippen LogP) is 5.53. The number of rotatable bonds is 6. The number of hydrogen-bond acceptors (Lipinski definition) is 5. The van der Waals surface area contributed by atoms with Gasteiger partial charge in [-0.2, -0.15) is 5.26 Å². The average Bonchev–Trinajstić information content (AvgIpc) is 2.74. The second-order valence-electron chi connectivity index (χ2n) is 6.08. The van der Waals surface area contributed by atoms with Gasteiger partial charge in [0.15, 0.2) is 0 Å². The van der Waals surface area contributed by atoms with E-state index in [4.69, 9.17) is 33.2 Å². The van der Waals surface area contributed by atoms with Gasteiger partial charge in [-0.15, -0.1) is 0 Å². The van der Waals surface area contributed by atoms with Crippen LogP contribution < -0.4 is 10.1 Å². The molecule has 9 heteroatoms. The van der Waals surface area contributed by atoms with Crippen molar-refractivity contribution in [3.8, 4) is 11.8 Å². The van der Waals surface area contributed by atoms with Crippen molar-refractivity contribution in [2.45, 2.75) is 6.10 Å². The van der Waals surface area contributed by atoms with Crippen molar-refractivity contribution in [1.82, 2.24) is 0 Å².